The monoisotopic (exact) mass is 377 g/mol. The molecule has 0 aliphatic carbocycles. The first-order valence-corrected chi connectivity index (χ1v) is 8.91. The van der Waals surface area contributed by atoms with Crippen LogP contribution in [0.3, 0.4) is 0 Å². The zero-order valence-electron chi connectivity index (χ0n) is 14.4. The Labute approximate surface area is 161 Å². The number of hydrogen-bond acceptors (Lipinski definition) is 3. The van der Waals surface area contributed by atoms with Gasteiger partial charge in [-0.1, -0.05) is 23.7 Å². The van der Waals surface area contributed by atoms with E-state index in [0.717, 1.165) is 17.7 Å². The summed E-state index contributed by atoms with van der Waals surface area (Å²) in [7, 11) is 0. The van der Waals surface area contributed by atoms with Gasteiger partial charge in [0.05, 0.1) is 0 Å². The van der Waals surface area contributed by atoms with Crippen LogP contribution >= 0.6 is 11.6 Å². The highest BCUT2D eigenvalue weighted by Crippen LogP contribution is 2.32. The Bertz CT molecular complexity index is 1020. The lowest BCUT2D eigenvalue weighted by Gasteiger charge is -2.18. The van der Waals surface area contributed by atoms with E-state index < -0.39 is 0 Å². The molecule has 0 atom stereocenters. The van der Waals surface area contributed by atoms with Crippen molar-refractivity contribution in [3.63, 3.8) is 0 Å². The second kappa shape index (κ2) is 7.21. The summed E-state index contributed by atoms with van der Waals surface area (Å²) in [5.41, 5.74) is 3.60. The molecule has 0 saturated carbocycles. The molecule has 0 radical (unpaired) electrons. The minimum atomic E-state index is -0.248. The third-order valence-corrected chi connectivity index (χ3v) is 4.73. The number of benzene rings is 2. The zero-order chi connectivity index (χ0) is 18.8. The van der Waals surface area contributed by atoms with Crippen LogP contribution in [0.25, 0.3) is 0 Å². The number of amides is 2. The van der Waals surface area contributed by atoms with Crippen molar-refractivity contribution in [1.29, 1.82) is 0 Å². The molecule has 0 spiro atoms. The van der Waals surface area contributed by atoms with Crippen molar-refractivity contribution in [3.8, 4) is 0 Å². The molecule has 5 nitrogen and oxygen atoms in total. The van der Waals surface area contributed by atoms with E-state index in [1.54, 1.807) is 53.7 Å². The number of carbonyl (C=O) groups excluding carboxylic acids is 2. The number of pyridine rings is 1. The molecule has 6 heteroatoms. The van der Waals surface area contributed by atoms with Gasteiger partial charge in [0.2, 0.25) is 0 Å². The summed E-state index contributed by atoms with van der Waals surface area (Å²) in [5.74, 6) is -0.322. The number of fused-ring (bicyclic) bond motifs is 1. The molecule has 1 N–H and O–H groups in total. The predicted molar refractivity (Wildman–Crippen MR) is 105 cm³/mol. The topological polar surface area (TPSA) is 62.3 Å². The van der Waals surface area contributed by atoms with Crippen molar-refractivity contribution in [2.75, 3.05) is 16.8 Å². The molecule has 2 heterocycles. The standard InChI is InChI=1S/C21H16ClN3O2/c22-17-3-1-2-16(12-17)20(26)24-18-5-4-14-8-11-25(19(14)13-18)21(27)15-6-9-23-10-7-15/h1-7,9-10,12-13H,8,11H2,(H,24,26). The first-order valence-electron chi connectivity index (χ1n) is 8.53. The summed E-state index contributed by atoms with van der Waals surface area (Å²) in [6, 6.07) is 15.8. The summed E-state index contributed by atoms with van der Waals surface area (Å²) < 4.78 is 0. The van der Waals surface area contributed by atoms with Crippen LogP contribution in [0.1, 0.15) is 26.3 Å². The van der Waals surface area contributed by atoms with Crippen LogP contribution < -0.4 is 10.2 Å². The Kier molecular flexibility index (Phi) is 4.60. The fraction of sp³-hybridized carbons (Fsp3) is 0.0952. The quantitative estimate of drug-likeness (QED) is 0.744. The molecule has 1 aliphatic rings. The Balaban J connectivity index is 1.58. The maximum Gasteiger partial charge on any atom is 0.258 e. The summed E-state index contributed by atoms with van der Waals surface area (Å²) in [5, 5.41) is 3.37. The second-order valence-corrected chi connectivity index (χ2v) is 6.69. The van der Waals surface area contributed by atoms with Gasteiger partial charge in [0, 0.05) is 46.5 Å². The van der Waals surface area contributed by atoms with Gasteiger partial charge in [-0.2, -0.15) is 0 Å². The largest absolute Gasteiger partial charge is 0.322 e. The SMILES string of the molecule is O=C(Nc1ccc2c(c1)N(C(=O)c1ccncc1)CC2)c1cccc(Cl)c1. The van der Waals surface area contributed by atoms with Crippen molar-refractivity contribution in [2.24, 2.45) is 0 Å². The van der Waals surface area contributed by atoms with Crippen LogP contribution in [0.15, 0.2) is 67.0 Å². The summed E-state index contributed by atoms with van der Waals surface area (Å²) >= 11 is 5.95. The fourth-order valence-electron chi connectivity index (χ4n) is 3.15. The molecule has 2 aromatic carbocycles. The van der Waals surface area contributed by atoms with Crippen LogP contribution in [0.4, 0.5) is 11.4 Å². The Morgan fingerprint density at radius 2 is 1.81 bits per heavy atom. The fourth-order valence-corrected chi connectivity index (χ4v) is 3.34. The Morgan fingerprint density at radius 1 is 1.00 bits per heavy atom. The number of anilines is 2. The van der Waals surface area contributed by atoms with Gasteiger partial charge >= 0.3 is 0 Å². The van der Waals surface area contributed by atoms with Crippen LogP contribution in [0.2, 0.25) is 5.02 Å². The minimum absolute atomic E-state index is 0.0746. The first kappa shape index (κ1) is 17.2. The Morgan fingerprint density at radius 3 is 2.59 bits per heavy atom. The average Bonchev–Trinajstić information content (AvgIpc) is 3.11. The van der Waals surface area contributed by atoms with Gasteiger partial charge in [-0.25, -0.2) is 0 Å². The van der Waals surface area contributed by atoms with E-state index in [1.807, 2.05) is 18.2 Å². The third kappa shape index (κ3) is 3.55. The number of carbonyl (C=O) groups is 2. The lowest BCUT2D eigenvalue weighted by atomic mass is 10.1. The smallest absolute Gasteiger partial charge is 0.258 e. The molecule has 1 aromatic heterocycles. The van der Waals surface area contributed by atoms with Crippen LogP contribution in [0.5, 0.6) is 0 Å². The summed E-state index contributed by atoms with van der Waals surface area (Å²) in [4.78, 5) is 30.9. The molecule has 0 saturated heterocycles. The molecule has 0 unspecified atom stereocenters. The van der Waals surface area contributed by atoms with Crippen molar-refractivity contribution >= 4 is 34.8 Å². The number of aromatic nitrogens is 1. The van der Waals surface area contributed by atoms with Gasteiger partial charge in [-0.15, -0.1) is 0 Å². The van der Waals surface area contributed by atoms with Crippen LogP contribution in [-0.4, -0.2) is 23.3 Å². The van der Waals surface area contributed by atoms with Gasteiger partial charge in [-0.3, -0.25) is 14.6 Å². The molecule has 1 aliphatic heterocycles. The molecule has 3 aromatic rings. The normalized spacial score (nSPS) is 12.6. The molecule has 0 fully saturated rings. The summed E-state index contributed by atoms with van der Waals surface area (Å²) in [6.07, 6.45) is 3.99. The average molecular weight is 378 g/mol. The summed E-state index contributed by atoms with van der Waals surface area (Å²) in [6.45, 7) is 0.613. The van der Waals surface area contributed by atoms with E-state index in [1.165, 1.54) is 0 Å². The van der Waals surface area contributed by atoms with Crippen LogP contribution in [-0.2, 0) is 6.42 Å². The number of rotatable bonds is 3. The highest BCUT2D eigenvalue weighted by molar-refractivity contribution is 6.31. The number of nitrogens with one attached hydrogen (secondary N) is 1. The van der Waals surface area contributed by atoms with Crippen molar-refractivity contribution in [3.05, 3.63) is 88.7 Å². The van der Waals surface area contributed by atoms with E-state index in [-0.39, 0.29) is 11.8 Å². The molecular formula is C21H16ClN3O2. The minimum Gasteiger partial charge on any atom is -0.322 e. The van der Waals surface area contributed by atoms with Gasteiger partial charge in [0.25, 0.3) is 11.8 Å². The molecule has 27 heavy (non-hydrogen) atoms. The van der Waals surface area contributed by atoms with E-state index >= 15 is 0 Å². The van der Waals surface area contributed by atoms with Gasteiger partial charge in [0.1, 0.15) is 0 Å². The van der Waals surface area contributed by atoms with E-state index in [4.69, 9.17) is 11.6 Å². The number of nitrogens with zero attached hydrogens (tertiary/aromatic N) is 2. The molecular weight excluding hydrogens is 362 g/mol. The van der Waals surface area contributed by atoms with Crippen molar-refractivity contribution in [1.82, 2.24) is 4.98 Å². The van der Waals surface area contributed by atoms with Gasteiger partial charge in [-0.05, 0) is 54.4 Å². The maximum atomic E-state index is 12.8. The number of halogens is 1. The highest BCUT2D eigenvalue weighted by Gasteiger charge is 2.26. The lowest BCUT2D eigenvalue weighted by molar-refractivity contribution is 0.0988. The van der Waals surface area contributed by atoms with E-state index in [0.29, 0.717) is 28.4 Å². The maximum absolute atomic E-state index is 12.8. The van der Waals surface area contributed by atoms with Crippen LogP contribution in [0, 0.1) is 0 Å². The highest BCUT2D eigenvalue weighted by atomic mass is 35.5. The lowest BCUT2D eigenvalue weighted by Crippen LogP contribution is -2.28. The molecule has 4 rings (SSSR count). The Hall–Kier alpha value is -3.18. The van der Waals surface area contributed by atoms with Crippen molar-refractivity contribution < 1.29 is 9.59 Å². The van der Waals surface area contributed by atoms with E-state index in [2.05, 4.69) is 10.3 Å². The molecule has 0 bridgehead atoms. The number of hydrogen-bond donors (Lipinski definition) is 1. The third-order valence-electron chi connectivity index (χ3n) is 4.50. The van der Waals surface area contributed by atoms with Gasteiger partial charge in [0.15, 0.2) is 0 Å². The van der Waals surface area contributed by atoms with E-state index in [9.17, 15) is 9.59 Å². The molecule has 134 valence electrons. The predicted octanol–water partition coefficient (Wildman–Crippen LogP) is 4.19. The molecule has 2 amide bonds. The second-order valence-electron chi connectivity index (χ2n) is 6.25. The van der Waals surface area contributed by atoms with Gasteiger partial charge < -0.3 is 10.2 Å². The van der Waals surface area contributed by atoms with Crippen molar-refractivity contribution in [2.45, 2.75) is 6.42 Å². The first-order chi connectivity index (χ1) is 13.1. The zero-order valence-corrected chi connectivity index (χ0v) is 15.1.